The Morgan fingerprint density at radius 3 is 2.47 bits per heavy atom. The fraction of sp³-hybridized carbons (Fsp3) is 0.538. The third-order valence-electron chi connectivity index (χ3n) is 2.48. The standard InChI is InChI=1S/C10H18N2.C3H4N2/c1-2-3-4-5-6-7-10-11-8-9-12-10;1-2-5-3-4-1/h8-9H,2-7H2,1H3,(H,11,12);1-3H,(H,4,5). The van der Waals surface area contributed by atoms with Crippen LogP contribution in [0.3, 0.4) is 0 Å². The maximum absolute atomic E-state index is 4.18. The molecule has 0 spiro atoms. The maximum atomic E-state index is 4.18. The number of imidazole rings is 2. The predicted octanol–water partition coefficient (Wildman–Crippen LogP) is 3.33. The summed E-state index contributed by atoms with van der Waals surface area (Å²) in [4.78, 5) is 13.7. The van der Waals surface area contributed by atoms with Crippen LogP contribution < -0.4 is 0 Å². The van der Waals surface area contributed by atoms with Gasteiger partial charge in [-0.2, -0.15) is 0 Å². The van der Waals surface area contributed by atoms with Gasteiger partial charge in [-0.05, 0) is 6.42 Å². The van der Waals surface area contributed by atoms with Gasteiger partial charge in [-0.1, -0.05) is 32.6 Å². The van der Waals surface area contributed by atoms with E-state index in [-0.39, 0.29) is 0 Å². The van der Waals surface area contributed by atoms with Gasteiger partial charge in [-0.3, -0.25) is 0 Å². The van der Waals surface area contributed by atoms with Crippen LogP contribution in [0.5, 0.6) is 0 Å². The number of aromatic amines is 2. The van der Waals surface area contributed by atoms with E-state index in [2.05, 4.69) is 26.9 Å². The molecule has 4 heteroatoms. The summed E-state index contributed by atoms with van der Waals surface area (Å²) in [6.45, 7) is 2.24. The molecule has 0 aliphatic rings. The quantitative estimate of drug-likeness (QED) is 0.753. The van der Waals surface area contributed by atoms with Gasteiger partial charge < -0.3 is 9.97 Å². The van der Waals surface area contributed by atoms with Crippen molar-refractivity contribution in [3.8, 4) is 0 Å². The zero-order chi connectivity index (χ0) is 12.2. The summed E-state index contributed by atoms with van der Waals surface area (Å²) in [5, 5.41) is 0. The summed E-state index contributed by atoms with van der Waals surface area (Å²) in [5.74, 6) is 1.13. The molecule has 0 saturated carbocycles. The van der Waals surface area contributed by atoms with Gasteiger partial charge in [0.2, 0.25) is 0 Å². The van der Waals surface area contributed by atoms with Gasteiger partial charge in [0.1, 0.15) is 5.82 Å². The lowest BCUT2D eigenvalue weighted by molar-refractivity contribution is 0.624. The van der Waals surface area contributed by atoms with Crippen LogP contribution in [0.2, 0.25) is 0 Å². The number of hydrogen-bond acceptors (Lipinski definition) is 2. The van der Waals surface area contributed by atoms with Gasteiger partial charge in [-0.25, -0.2) is 9.97 Å². The fourth-order valence-electron chi connectivity index (χ4n) is 1.55. The second-order valence-corrected chi connectivity index (χ2v) is 3.96. The van der Waals surface area contributed by atoms with Crippen molar-refractivity contribution in [3.05, 3.63) is 36.9 Å². The lowest BCUT2D eigenvalue weighted by Crippen LogP contribution is -1.87. The van der Waals surface area contributed by atoms with Gasteiger partial charge in [0.15, 0.2) is 0 Å². The first-order valence-electron chi connectivity index (χ1n) is 6.34. The molecule has 4 nitrogen and oxygen atoms in total. The van der Waals surface area contributed by atoms with E-state index in [0.29, 0.717) is 0 Å². The molecule has 0 aliphatic heterocycles. The fourth-order valence-corrected chi connectivity index (χ4v) is 1.55. The van der Waals surface area contributed by atoms with Crippen LogP contribution in [-0.4, -0.2) is 19.9 Å². The van der Waals surface area contributed by atoms with E-state index in [4.69, 9.17) is 0 Å². The highest BCUT2D eigenvalue weighted by Crippen LogP contribution is 2.05. The second kappa shape index (κ2) is 9.63. The SMILES string of the molecule is CCCCCCCc1ncc[nH]1.c1c[nH]cn1. The Labute approximate surface area is 103 Å². The number of nitrogens with zero attached hydrogens (tertiary/aromatic N) is 2. The molecule has 0 aliphatic carbocycles. The van der Waals surface area contributed by atoms with Crippen molar-refractivity contribution in [2.24, 2.45) is 0 Å². The summed E-state index contributed by atoms with van der Waals surface area (Å²) in [7, 11) is 0. The highest BCUT2D eigenvalue weighted by atomic mass is 14.9. The minimum Gasteiger partial charge on any atom is -0.351 e. The van der Waals surface area contributed by atoms with Crippen molar-refractivity contribution in [1.29, 1.82) is 0 Å². The summed E-state index contributed by atoms with van der Waals surface area (Å²) >= 11 is 0. The van der Waals surface area contributed by atoms with Gasteiger partial charge in [0.05, 0.1) is 6.33 Å². The average molecular weight is 234 g/mol. The molecule has 0 unspecified atom stereocenters. The first kappa shape index (κ1) is 13.5. The Morgan fingerprint density at radius 1 is 1.06 bits per heavy atom. The molecule has 0 bridgehead atoms. The van der Waals surface area contributed by atoms with Crippen LogP contribution >= 0.6 is 0 Å². The first-order chi connectivity index (χ1) is 8.43. The van der Waals surface area contributed by atoms with Crippen LogP contribution in [0, 0.1) is 0 Å². The number of H-pyrrole nitrogens is 2. The molecule has 0 atom stereocenters. The molecule has 2 heterocycles. The summed E-state index contributed by atoms with van der Waals surface area (Å²) < 4.78 is 0. The molecule has 2 aromatic heterocycles. The number of nitrogens with one attached hydrogen (secondary N) is 2. The first-order valence-corrected chi connectivity index (χ1v) is 6.34. The van der Waals surface area contributed by atoms with E-state index in [1.54, 1.807) is 18.7 Å². The van der Waals surface area contributed by atoms with Crippen LogP contribution in [-0.2, 0) is 6.42 Å². The van der Waals surface area contributed by atoms with E-state index in [1.807, 2.05) is 12.4 Å². The van der Waals surface area contributed by atoms with Crippen molar-refractivity contribution in [1.82, 2.24) is 19.9 Å². The van der Waals surface area contributed by atoms with E-state index in [0.717, 1.165) is 12.2 Å². The zero-order valence-electron chi connectivity index (χ0n) is 10.5. The number of hydrogen-bond donors (Lipinski definition) is 2. The van der Waals surface area contributed by atoms with Gasteiger partial charge in [-0.15, -0.1) is 0 Å². The molecular formula is C13H22N4. The molecule has 0 saturated heterocycles. The Hall–Kier alpha value is -1.58. The van der Waals surface area contributed by atoms with E-state index in [9.17, 15) is 0 Å². The second-order valence-electron chi connectivity index (χ2n) is 3.96. The Balaban J connectivity index is 0.000000239. The molecule has 2 rings (SSSR count). The molecule has 2 N–H and O–H groups in total. The lowest BCUT2D eigenvalue weighted by atomic mass is 10.1. The number of rotatable bonds is 6. The molecule has 94 valence electrons. The smallest absolute Gasteiger partial charge is 0.105 e. The molecule has 0 fully saturated rings. The Bertz CT molecular complexity index is 309. The largest absolute Gasteiger partial charge is 0.351 e. The van der Waals surface area contributed by atoms with Crippen LogP contribution in [0.15, 0.2) is 31.1 Å². The van der Waals surface area contributed by atoms with Crippen molar-refractivity contribution in [2.45, 2.75) is 45.4 Å². The summed E-state index contributed by atoms with van der Waals surface area (Å²) in [5.41, 5.74) is 0. The Kier molecular flexibility index (Phi) is 7.64. The van der Waals surface area contributed by atoms with Crippen molar-refractivity contribution in [3.63, 3.8) is 0 Å². The monoisotopic (exact) mass is 234 g/mol. The number of unbranched alkanes of at least 4 members (excludes halogenated alkanes) is 4. The van der Waals surface area contributed by atoms with Crippen LogP contribution in [0.1, 0.15) is 44.9 Å². The predicted molar refractivity (Wildman–Crippen MR) is 69.6 cm³/mol. The lowest BCUT2D eigenvalue weighted by Gasteiger charge is -1.97. The van der Waals surface area contributed by atoms with Crippen molar-refractivity contribution < 1.29 is 0 Å². The van der Waals surface area contributed by atoms with Crippen molar-refractivity contribution in [2.75, 3.05) is 0 Å². The van der Waals surface area contributed by atoms with Crippen LogP contribution in [0.25, 0.3) is 0 Å². The average Bonchev–Trinajstić information content (AvgIpc) is 3.05. The van der Waals surface area contributed by atoms with Gasteiger partial charge in [0.25, 0.3) is 0 Å². The third-order valence-corrected chi connectivity index (χ3v) is 2.48. The van der Waals surface area contributed by atoms with Crippen molar-refractivity contribution >= 4 is 0 Å². The number of aromatic nitrogens is 4. The highest BCUT2D eigenvalue weighted by Gasteiger charge is 1.93. The maximum Gasteiger partial charge on any atom is 0.105 e. The molecule has 0 radical (unpaired) electrons. The van der Waals surface area contributed by atoms with E-state index < -0.39 is 0 Å². The molecule has 0 aromatic carbocycles. The topological polar surface area (TPSA) is 57.4 Å². The van der Waals surface area contributed by atoms with Gasteiger partial charge in [0, 0.05) is 31.2 Å². The number of aryl methyl sites for hydroxylation is 1. The minimum absolute atomic E-state index is 1.11. The molecule has 0 amide bonds. The zero-order valence-corrected chi connectivity index (χ0v) is 10.5. The van der Waals surface area contributed by atoms with Gasteiger partial charge >= 0.3 is 0 Å². The molecule has 17 heavy (non-hydrogen) atoms. The highest BCUT2D eigenvalue weighted by molar-refractivity contribution is 4.86. The normalized spacial score (nSPS) is 9.71. The Morgan fingerprint density at radius 2 is 1.94 bits per heavy atom. The summed E-state index contributed by atoms with van der Waals surface area (Å²) in [6.07, 6.45) is 16.6. The van der Waals surface area contributed by atoms with E-state index in [1.165, 1.54) is 32.1 Å². The van der Waals surface area contributed by atoms with E-state index >= 15 is 0 Å². The van der Waals surface area contributed by atoms with Crippen LogP contribution in [0.4, 0.5) is 0 Å². The summed E-state index contributed by atoms with van der Waals surface area (Å²) in [6, 6.07) is 0. The third kappa shape index (κ3) is 7.33. The molecule has 2 aromatic rings. The minimum atomic E-state index is 1.11. The molecular weight excluding hydrogens is 212 g/mol.